The van der Waals surface area contributed by atoms with Crippen molar-refractivity contribution in [3.05, 3.63) is 11.6 Å². The lowest BCUT2D eigenvalue weighted by atomic mass is 10.0. The van der Waals surface area contributed by atoms with Gasteiger partial charge >= 0.3 is 5.97 Å². The monoisotopic (exact) mass is 270 g/mol. The summed E-state index contributed by atoms with van der Waals surface area (Å²) in [5, 5.41) is 3.50. The lowest BCUT2D eigenvalue weighted by Crippen LogP contribution is -2.39. The van der Waals surface area contributed by atoms with Gasteiger partial charge in [-0.3, -0.25) is 0 Å². The van der Waals surface area contributed by atoms with Crippen LogP contribution in [0, 0.1) is 5.92 Å². The number of ether oxygens (including phenoxy) is 1. The predicted molar refractivity (Wildman–Crippen MR) is 80.2 cm³/mol. The van der Waals surface area contributed by atoms with Gasteiger partial charge in [0.05, 0.1) is 7.11 Å². The van der Waals surface area contributed by atoms with Crippen LogP contribution in [0.2, 0.25) is 0 Å². The number of hydrogen-bond acceptors (Lipinski definition) is 4. The number of nitrogens with one attached hydrogen (secondary N) is 1. The predicted octanol–water partition coefficient (Wildman–Crippen LogP) is 2.06. The van der Waals surface area contributed by atoms with Crippen molar-refractivity contribution in [3.8, 4) is 0 Å². The van der Waals surface area contributed by atoms with Gasteiger partial charge in [0.15, 0.2) is 0 Å². The van der Waals surface area contributed by atoms with Crippen molar-refractivity contribution in [1.82, 2.24) is 10.2 Å². The second kappa shape index (κ2) is 9.98. The fourth-order valence-electron chi connectivity index (χ4n) is 2.08. The molecule has 0 bridgehead atoms. The second-order valence-corrected chi connectivity index (χ2v) is 5.57. The summed E-state index contributed by atoms with van der Waals surface area (Å²) in [6, 6.07) is 0.446. The standard InChI is InChI=1S/C15H30N2O2/c1-7-13(15(18)19-6)8-9-16-14(10-12(2)3)11-17(4)5/h8,12,14,16H,7,9-11H2,1-6H3. The highest BCUT2D eigenvalue weighted by molar-refractivity contribution is 5.88. The third-order valence-corrected chi connectivity index (χ3v) is 2.92. The van der Waals surface area contributed by atoms with Gasteiger partial charge in [0, 0.05) is 24.7 Å². The van der Waals surface area contributed by atoms with Gasteiger partial charge < -0.3 is 15.0 Å². The zero-order chi connectivity index (χ0) is 14.8. The van der Waals surface area contributed by atoms with Crippen molar-refractivity contribution in [2.75, 3.05) is 34.3 Å². The van der Waals surface area contributed by atoms with Gasteiger partial charge in [-0.2, -0.15) is 0 Å². The summed E-state index contributed by atoms with van der Waals surface area (Å²) in [6.07, 6.45) is 3.78. The first-order chi connectivity index (χ1) is 8.90. The summed E-state index contributed by atoms with van der Waals surface area (Å²) in [5.41, 5.74) is 0.739. The van der Waals surface area contributed by atoms with Gasteiger partial charge in [-0.1, -0.05) is 26.8 Å². The van der Waals surface area contributed by atoms with E-state index < -0.39 is 0 Å². The Bertz CT molecular complexity index is 276. The zero-order valence-corrected chi connectivity index (χ0v) is 13.3. The molecule has 0 radical (unpaired) electrons. The Labute approximate surface area is 118 Å². The number of rotatable bonds is 9. The molecule has 0 aliphatic carbocycles. The third-order valence-electron chi connectivity index (χ3n) is 2.92. The minimum Gasteiger partial charge on any atom is -0.466 e. The fraction of sp³-hybridized carbons (Fsp3) is 0.800. The van der Waals surface area contributed by atoms with E-state index in [1.54, 1.807) is 0 Å². The molecule has 0 aromatic rings. The van der Waals surface area contributed by atoms with Gasteiger partial charge in [-0.25, -0.2) is 4.79 Å². The molecule has 4 nitrogen and oxygen atoms in total. The highest BCUT2D eigenvalue weighted by Crippen LogP contribution is 2.06. The van der Waals surface area contributed by atoms with E-state index in [4.69, 9.17) is 4.74 Å². The number of methoxy groups -OCH3 is 1. The summed E-state index contributed by atoms with van der Waals surface area (Å²) in [6.45, 7) is 8.14. The van der Waals surface area contributed by atoms with Crippen molar-refractivity contribution >= 4 is 5.97 Å². The number of nitrogens with zero attached hydrogens (tertiary/aromatic N) is 1. The molecule has 0 rings (SSSR count). The first kappa shape index (κ1) is 18.1. The molecule has 4 heteroatoms. The molecule has 0 amide bonds. The summed E-state index contributed by atoms with van der Waals surface area (Å²) >= 11 is 0. The van der Waals surface area contributed by atoms with Crippen LogP contribution in [-0.2, 0) is 9.53 Å². The largest absolute Gasteiger partial charge is 0.466 e. The molecule has 1 atom stereocenters. The van der Waals surface area contributed by atoms with E-state index in [0.29, 0.717) is 24.9 Å². The minimum atomic E-state index is -0.225. The number of likely N-dealkylation sites (N-methyl/N-ethyl adjacent to an activating group) is 1. The summed E-state index contributed by atoms with van der Waals surface area (Å²) < 4.78 is 4.75. The van der Waals surface area contributed by atoms with E-state index in [1.165, 1.54) is 7.11 Å². The molecule has 1 unspecified atom stereocenters. The maximum atomic E-state index is 11.4. The molecule has 112 valence electrons. The van der Waals surface area contributed by atoms with E-state index in [9.17, 15) is 4.79 Å². The van der Waals surface area contributed by atoms with Crippen LogP contribution in [0.15, 0.2) is 11.6 Å². The number of carbonyl (C=O) groups is 1. The van der Waals surface area contributed by atoms with Crippen LogP contribution in [0.4, 0.5) is 0 Å². The summed E-state index contributed by atoms with van der Waals surface area (Å²) in [5.74, 6) is 0.435. The molecule has 0 saturated heterocycles. The lowest BCUT2D eigenvalue weighted by molar-refractivity contribution is -0.136. The van der Waals surface area contributed by atoms with Crippen LogP contribution in [0.3, 0.4) is 0 Å². The maximum absolute atomic E-state index is 11.4. The van der Waals surface area contributed by atoms with Crippen LogP contribution >= 0.6 is 0 Å². The highest BCUT2D eigenvalue weighted by atomic mass is 16.5. The van der Waals surface area contributed by atoms with E-state index in [2.05, 4.69) is 38.2 Å². The van der Waals surface area contributed by atoms with E-state index >= 15 is 0 Å². The maximum Gasteiger partial charge on any atom is 0.333 e. The summed E-state index contributed by atoms with van der Waals surface area (Å²) in [7, 11) is 5.58. The average molecular weight is 270 g/mol. The van der Waals surface area contributed by atoms with Crippen LogP contribution in [0.1, 0.15) is 33.6 Å². The van der Waals surface area contributed by atoms with E-state index in [1.807, 2.05) is 13.0 Å². The van der Waals surface area contributed by atoms with Gasteiger partial charge in [0.25, 0.3) is 0 Å². The van der Waals surface area contributed by atoms with Crippen LogP contribution < -0.4 is 5.32 Å². The van der Waals surface area contributed by atoms with Gasteiger partial charge in [-0.15, -0.1) is 0 Å². The van der Waals surface area contributed by atoms with Crippen molar-refractivity contribution < 1.29 is 9.53 Å². The third kappa shape index (κ3) is 8.78. The molecular weight excluding hydrogens is 240 g/mol. The van der Waals surface area contributed by atoms with Crippen molar-refractivity contribution in [2.45, 2.75) is 39.7 Å². The zero-order valence-electron chi connectivity index (χ0n) is 13.3. The molecule has 0 saturated carbocycles. The smallest absolute Gasteiger partial charge is 0.333 e. The average Bonchev–Trinajstić information content (AvgIpc) is 2.32. The van der Waals surface area contributed by atoms with Crippen LogP contribution in [0.25, 0.3) is 0 Å². The molecule has 0 aromatic carbocycles. The first-order valence-electron chi connectivity index (χ1n) is 7.06. The quantitative estimate of drug-likeness (QED) is 0.514. The molecular formula is C15H30N2O2. The molecule has 0 fully saturated rings. The summed E-state index contributed by atoms with van der Waals surface area (Å²) in [4.78, 5) is 13.6. The van der Waals surface area contributed by atoms with Gasteiger partial charge in [-0.05, 0) is 32.9 Å². The molecule has 0 aliphatic rings. The number of carbonyl (C=O) groups excluding carboxylic acids is 1. The van der Waals surface area contributed by atoms with Crippen molar-refractivity contribution in [2.24, 2.45) is 5.92 Å². The van der Waals surface area contributed by atoms with E-state index in [-0.39, 0.29) is 5.97 Å². The second-order valence-electron chi connectivity index (χ2n) is 5.57. The molecule has 19 heavy (non-hydrogen) atoms. The van der Waals surface area contributed by atoms with E-state index in [0.717, 1.165) is 18.5 Å². The highest BCUT2D eigenvalue weighted by Gasteiger charge is 2.11. The molecule has 0 heterocycles. The normalized spacial score (nSPS) is 14.0. The van der Waals surface area contributed by atoms with Crippen molar-refractivity contribution in [1.29, 1.82) is 0 Å². The van der Waals surface area contributed by atoms with Gasteiger partial charge in [0.1, 0.15) is 0 Å². The van der Waals surface area contributed by atoms with Crippen LogP contribution in [-0.4, -0.2) is 51.2 Å². The molecule has 1 N–H and O–H groups in total. The first-order valence-corrected chi connectivity index (χ1v) is 7.06. The van der Waals surface area contributed by atoms with Crippen molar-refractivity contribution in [3.63, 3.8) is 0 Å². The van der Waals surface area contributed by atoms with Crippen LogP contribution in [0.5, 0.6) is 0 Å². The lowest BCUT2D eigenvalue weighted by Gasteiger charge is -2.23. The number of esters is 1. The molecule has 0 aromatic heterocycles. The Balaban J connectivity index is 4.36. The Kier molecular flexibility index (Phi) is 9.53. The Morgan fingerprint density at radius 2 is 2.00 bits per heavy atom. The topological polar surface area (TPSA) is 41.6 Å². The molecule has 0 spiro atoms. The Morgan fingerprint density at radius 3 is 2.42 bits per heavy atom. The SMILES string of the molecule is CCC(=CCNC(CC(C)C)CN(C)C)C(=O)OC. The number of hydrogen-bond donors (Lipinski definition) is 1. The minimum absolute atomic E-state index is 0.225. The Morgan fingerprint density at radius 1 is 1.37 bits per heavy atom. The Hall–Kier alpha value is -0.870. The van der Waals surface area contributed by atoms with Gasteiger partial charge in [0.2, 0.25) is 0 Å². The molecule has 0 aliphatic heterocycles. The fourth-order valence-corrected chi connectivity index (χ4v) is 2.08.